The fourth-order valence-electron chi connectivity index (χ4n) is 3.80. The minimum absolute atomic E-state index is 0.0234. The molecule has 1 aliphatic carbocycles. The largest absolute Gasteiger partial charge is 0.484 e. The number of fused-ring (bicyclic) bond motifs is 1. The van der Waals surface area contributed by atoms with Gasteiger partial charge in [0.15, 0.2) is 6.61 Å². The minimum atomic E-state index is -0.0745. The van der Waals surface area contributed by atoms with Crippen molar-refractivity contribution in [1.29, 1.82) is 0 Å². The molecule has 0 spiro atoms. The number of amides is 1. The molecule has 0 bridgehead atoms. The molecule has 138 valence electrons. The number of benzene rings is 2. The number of aryl methyl sites for hydroxylation is 4. The average molecular weight is 351 g/mol. The van der Waals surface area contributed by atoms with Crippen molar-refractivity contribution >= 4 is 5.91 Å². The van der Waals surface area contributed by atoms with E-state index in [0.717, 1.165) is 25.0 Å². The number of ether oxygens (including phenoxy) is 1. The Hall–Kier alpha value is -2.29. The molecule has 1 amide bonds. The van der Waals surface area contributed by atoms with E-state index in [4.69, 9.17) is 4.74 Å². The highest BCUT2D eigenvalue weighted by molar-refractivity contribution is 5.78. The van der Waals surface area contributed by atoms with Crippen molar-refractivity contribution in [2.45, 2.75) is 58.9 Å². The van der Waals surface area contributed by atoms with Gasteiger partial charge in [0.1, 0.15) is 5.75 Å². The smallest absolute Gasteiger partial charge is 0.258 e. The molecule has 0 heterocycles. The van der Waals surface area contributed by atoms with Crippen molar-refractivity contribution < 1.29 is 9.53 Å². The fraction of sp³-hybridized carbons (Fsp3) is 0.435. The maximum absolute atomic E-state index is 12.4. The summed E-state index contributed by atoms with van der Waals surface area (Å²) in [5.74, 6) is 0.718. The summed E-state index contributed by atoms with van der Waals surface area (Å²) in [6.45, 7) is 6.33. The van der Waals surface area contributed by atoms with Gasteiger partial charge in [-0.05, 0) is 80.3 Å². The molecule has 3 heteroatoms. The van der Waals surface area contributed by atoms with E-state index in [1.54, 1.807) is 0 Å². The summed E-state index contributed by atoms with van der Waals surface area (Å²) in [7, 11) is 0. The van der Waals surface area contributed by atoms with Crippen LogP contribution in [0.1, 0.15) is 60.0 Å². The van der Waals surface area contributed by atoms with Crippen LogP contribution in [0.3, 0.4) is 0 Å². The summed E-state index contributed by atoms with van der Waals surface area (Å²) in [5, 5.41) is 3.11. The molecule has 3 rings (SSSR count). The van der Waals surface area contributed by atoms with Crippen molar-refractivity contribution in [3.05, 3.63) is 64.2 Å². The number of carbonyl (C=O) groups is 1. The standard InChI is InChI=1S/C23H29NO2/c1-4-22(21-12-9-16(2)13-17(21)3)24-23(25)15-26-20-11-10-18-7-5-6-8-19(18)14-20/h9-14,22H,4-8,15H2,1-3H3,(H,24,25)/t22-/m0/s1. The first-order valence-electron chi connectivity index (χ1n) is 9.68. The Balaban J connectivity index is 1.59. The summed E-state index contributed by atoms with van der Waals surface area (Å²) >= 11 is 0. The van der Waals surface area contributed by atoms with Crippen LogP contribution < -0.4 is 10.1 Å². The highest BCUT2D eigenvalue weighted by Crippen LogP contribution is 2.25. The van der Waals surface area contributed by atoms with Crippen molar-refractivity contribution in [2.24, 2.45) is 0 Å². The van der Waals surface area contributed by atoms with Crippen LogP contribution in [0.25, 0.3) is 0 Å². The first kappa shape index (κ1) is 18.5. The number of hydrogen-bond acceptors (Lipinski definition) is 2. The summed E-state index contributed by atoms with van der Waals surface area (Å²) in [6, 6.07) is 12.6. The Morgan fingerprint density at radius 1 is 1.08 bits per heavy atom. The van der Waals surface area contributed by atoms with Gasteiger partial charge in [-0.15, -0.1) is 0 Å². The lowest BCUT2D eigenvalue weighted by Gasteiger charge is -2.20. The third-order valence-electron chi connectivity index (χ3n) is 5.23. The number of carbonyl (C=O) groups excluding carboxylic acids is 1. The Labute approximate surface area is 156 Å². The Kier molecular flexibility index (Phi) is 5.97. The van der Waals surface area contributed by atoms with Gasteiger partial charge in [-0.1, -0.05) is 36.8 Å². The molecular formula is C23H29NO2. The van der Waals surface area contributed by atoms with Crippen LogP contribution in [0.4, 0.5) is 0 Å². The zero-order valence-electron chi connectivity index (χ0n) is 16.1. The second-order valence-electron chi connectivity index (χ2n) is 7.31. The molecule has 1 atom stereocenters. The topological polar surface area (TPSA) is 38.3 Å². The third-order valence-corrected chi connectivity index (χ3v) is 5.23. The van der Waals surface area contributed by atoms with Gasteiger partial charge in [0.25, 0.3) is 5.91 Å². The summed E-state index contributed by atoms with van der Waals surface area (Å²) in [4.78, 5) is 12.4. The normalized spacial score (nSPS) is 14.4. The summed E-state index contributed by atoms with van der Waals surface area (Å²) < 4.78 is 5.75. The van der Waals surface area contributed by atoms with E-state index in [0.29, 0.717) is 0 Å². The van der Waals surface area contributed by atoms with E-state index in [1.165, 1.54) is 40.7 Å². The van der Waals surface area contributed by atoms with Crippen LogP contribution in [0.15, 0.2) is 36.4 Å². The number of rotatable bonds is 6. The second kappa shape index (κ2) is 8.39. The van der Waals surface area contributed by atoms with E-state index in [1.807, 2.05) is 6.07 Å². The molecule has 0 saturated heterocycles. The van der Waals surface area contributed by atoms with Gasteiger partial charge < -0.3 is 10.1 Å². The van der Waals surface area contributed by atoms with Crippen LogP contribution in [0.2, 0.25) is 0 Å². The average Bonchev–Trinajstić information content (AvgIpc) is 2.65. The molecule has 0 radical (unpaired) electrons. The Morgan fingerprint density at radius 3 is 2.58 bits per heavy atom. The second-order valence-corrected chi connectivity index (χ2v) is 7.31. The summed E-state index contributed by atoms with van der Waals surface area (Å²) in [6.07, 6.45) is 5.64. The first-order valence-corrected chi connectivity index (χ1v) is 9.68. The molecule has 26 heavy (non-hydrogen) atoms. The monoisotopic (exact) mass is 351 g/mol. The van der Waals surface area contributed by atoms with E-state index >= 15 is 0 Å². The minimum Gasteiger partial charge on any atom is -0.484 e. The maximum atomic E-state index is 12.4. The van der Waals surface area contributed by atoms with Crippen molar-refractivity contribution in [1.82, 2.24) is 5.32 Å². The SMILES string of the molecule is CC[C@H](NC(=O)COc1ccc2c(c1)CCCC2)c1ccc(C)cc1C. The van der Waals surface area contributed by atoms with Crippen molar-refractivity contribution in [3.63, 3.8) is 0 Å². The molecule has 0 aromatic heterocycles. The van der Waals surface area contributed by atoms with Gasteiger partial charge in [0.05, 0.1) is 6.04 Å². The fourth-order valence-corrected chi connectivity index (χ4v) is 3.80. The van der Waals surface area contributed by atoms with Gasteiger partial charge in [-0.2, -0.15) is 0 Å². The highest BCUT2D eigenvalue weighted by Gasteiger charge is 2.16. The molecule has 0 saturated carbocycles. The van der Waals surface area contributed by atoms with Crippen LogP contribution in [-0.2, 0) is 17.6 Å². The lowest BCUT2D eigenvalue weighted by molar-refractivity contribution is -0.123. The van der Waals surface area contributed by atoms with Crippen molar-refractivity contribution in [3.8, 4) is 5.75 Å². The molecule has 3 nitrogen and oxygen atoms in total. The van der Waals surface area contributed by atoms with E-state index in [9.17, 15) is 4.79 Å². The van der Waals surface area contributed by atoms with E-state index < -0.39 is 0 Å². The molecular weight excluding hydrogens is 322 g/mol. The molecule has 1 N–H and O–H groups in total. The molecule has 0 aliphatic heterocycles. The van der Waals surface area contributed by atoms with Crippen molar-refractivity contribution in [2.75, 3.05) is 6.61 Å². The Bertz CT molecular complexity index is 782. The van der Waals surface area contributed by atoms with Gasteiger partial charge in [0, 0.05) is 0 Å². The van der Waals surface area contributed by atoms with E-state index in [2.05, 4.69) is 56.4 Å². The zero-order chi connectivity index (χ0) is 18.5. The molecule has 2 aromatic carbocycles. The maximum Gasteiger partial charge on any atom is 0.258 e. The van der Waals surface area contributed by atoms with Gasteiger partial charge in [0.2, 0.25) is 0 Å². The molecule has 0 fully saturated rings. The quantitative estimate of drug-likeness (QED) is 0.809. The molecule has 2 aromatic rings. The van der Waals surface area contributed by atoms with Gasteiger partial charge in [-0.25, -0.2) is 0 Å². The van der Waals surface area contributed by atoms with Crippen LogP contribution in [-0.4, -0.2) is 12.5 Å². The van der Waals surface area contributed by atoms with Gasteiger partial charge >= 0.3 is 0 Å². The van der Waals surface area contributed by atoms with E-state index in [-0.39, 0.29) is 18.6 Å². The Morgan fingerprint density at radius 2 is 1.85 bits per heavy atom. The number of nitrogens with one attached hydrogen (secondary N) is 1. The highest BCUT2D eigenvalue weighted by atomic mass is 16.5. The third kappa shape index (κ3) is 4.46. The molecule has 1 aliphatic rings. The lowest BCUT2D eigenvalue weighted by Crippen LogP contribution is -2.32. The predicted molar refractivity (Wildman–Crippen MR) is 106 cm³/mol. The van der Waals surface area contributed by atoms with Crippen LogP contribution in [0, 0.1) is 13.8 Å². The summed E-state index contributed by atoms with van der Waals surface area (Å²) in [5.41, 5.74) is 6.43. The van der Waals surface area contributed by atoms with Crippen LogP contribution >= 0.6 is 0 Å². The van der Waals surface area contributed by atoms with Gasteiger partial charge in [-0.3, -0.25) is 4.79 Å². The zero-order valence-corrected chi connectivity index (χ0v) is 16.1. The predicted octanol–water partition coefficient (Wildman–Crippen LogP) is 4.83. The van der Waals surface area contributed by atoms with Crippen LogP contribution in [0.5, 0.6) is 5.75 Å². The first-order chi connectivity index (χ1) is 12.6. The number of hydrogen-bond donors (Lipinski definition) is 1. The lowest BCUT2D eigenvalue weighted by atomic mass is 9.92. The molecule has 0 unspecified atom stereocenters.